The van der Waals surface area contributed by atoms with Gasteiger partial charge in [0.2, 0.25) is 5.78 Å². The van der Waals surface area contributed by atoms with Crippen molar-refractivity contribution >= 4 is 55.8 Å². The number of Topliss-reactive ketones (excluding diaryl/α,β-unsaturated/α-hetero) is 1. The van der Waals surface area contributed by atoms with E-state index in [1.54, 1.807) is 0 Å². The third-order valence-corrected chi connectivity index (χ3v) is 10.1. The second-order valence-corrected chi connectivity index (χ2v) is 14.0. The van der Waals surface area contributed by atoms with Gasteiger partial charge in [-0.2, -0.15) is 0 Å². The normalized spacial score (nSPS) is 12.6. The predicted octanol–water partition coefficient (Wildman–Crippen LogP) is 11.4. The standard InChI is InChI=1S/C44H52N2O4/c1-8-11-13-14-20-39(45-50-31(7)47)43(48)33-21-22-40-36(25-33)37-26-38(44(49)41-29(5)23-28(4)24-30(41)6)34-18-15-16-19-35(34)42(37)46(40)27-32(10-3)17-12-9-2/h15-16,18-19,21-26,32H,8-14,17,20,27H2,1-7H3. The second-order valence-electron chi connectivity index (χ2n) is 14.0. The van der Waals surface area contributed by atoms with Gasteiger partial charge in [-0.05, 0) is 86.7 Å². The number of hydrogen-bond acceptors (Lipinski definition) is 5. The number of oxime groups is 1. The van der Waals surface area contributed by atoms with Crippen molar-refractivity contribution in [2.24, 2.45) is 11.1 Å². The van der Waals surface area contributed by atoms with Gasteiger partial charge in [0, 0.05) is 51.8 Å². The maximum atomic E-state index is 14.6. The average Bonchev–Trinajstić information content (AvgIpc) is 3.40. The molecule has 0 saturated carbocycles. The highest BCUT2D eigenvalue weighted by Gasteiger charge is 2.24. The van der Waals surface area contributed by atoms with Crippen LogP contribution in [0.1, 0.15) is 128 Å². The van der Waals surface area contributed by atoms with Gasteiger partial charge in [-0.15, -0.1) is 0 Å². The lowest BCUT2D eigenvalue weighted by Crippen LogP contribution is -2.16. The molecule has 6 nitrogen and oxygen atoms in total. The quantitative estimate of drug-likeness (QED) is 0.0344. The number of hydrogen-bond donors (Lipinski definition) is 0. The van der Waals surface area contributed by atoms with Gasteiger partial charge < -0.3 is 9.40 Å². The second kappa shape index (κ2) is 16.4. The van der Waals surface area contributed by atoms with E-state index < -0.39 is 5.97 Å². The molecule has 50 heavy (non-hydrogen) atoms. The zero-order valence-corrected chi connectivity index (χ0v) is 30.9. The van der Waals surface area contributed by atoms with Crippen molar-refractivity contribution < 1.29 is 19.2 Å². The Morgan fingerprint density at radius 2 is 1.48 bits per heavy atom. The van der Waals surface area contributed by atoms with E-state index in [-0.39, 0.29) is 17.3 Å². The van der Waals surface area contributed by atoms with Crippen molar-refractivity contribution in [2.45, 2.75) is 113 Å². The molecule has 5 rings (SSSR count). The van der Waals surface area contributed by atoms with Crippen LogP contribution in [-0.2, 0) is 16.2 Å². The molecule has 0 spiro atoms. The summed E-state index contributed by atoms with van der Waals surface area (Å²) in [4.78, 5) is 45.3. The number of aryl methyl sites for hydroxylation is 3. The Hall–Kier alpha value is -4.58. The van der Waals surface area contributed by atoms with Crippen LogP contribution < -0.4 is 0 Å². The lowest BCUT2D eigenvalue weighted by Gasteiger charge is -2.19. The Bertz CT molecular complexity index is 2060. The zero-order chi connectivity index (χ0) is 35.9. The van der Waals surface area contributed by atoms with Gasteiger partial charge >= 0.3 is 5.97 Å². The molecule has 5 aromatic rings. The molecule has 0 N–H and O–H groups in total. The summed E-state index contributed by atoms with van der Waals surface area (Å²) in [6.07, 6.45) is 8.84. The first-order valence-electron chi connectivity index (χ1n) is 18.5. The van der Waals surface area contributed by atoms with Crippen molar-refractivity contribution in [1.82, 2.24) is 4.57 Å². The van der Waals surface area contributed by atoms with Gasteiger partial charge in [0.15, 0.2) is 5.78 Å². The molecule has 0 radical (unpaired) electrons. The fourth-order valence-corrected chi connectivity index (χ4v) is 7.54. The molecule has 262 valence electrons. The first-order valence-corrected chi connectivity index (χ1v) is 18.5. The van der Waals surface area contributed by atoms with Gasteiger partial charge in [0.1, 0.15) is 5.71 Å². The smallest absolute Gasteiger partial charge is 0.331 e. The first kappa shape index (κ1) is 36.7. The van der Waals surface area contributed by atoms with E-state index in [0.29, 0.717) is 23.5 Å². The molecular formula is C44H52N2O4. The van der Waals surface area contributed by atoms with Gasteiger partial charge in [0.25, 0.3) is 0 Å². The number of aromatic nitrogens is 1. The van der Waals surface area contributed by atoms with Gasteiger partial charge in [-0.3, -0.25) is 9.59 Å². The van der Waals surface area contributed by atoms with Crippen LogP contribution in [0, 0.1) is 26.7 Å². The van der Waals surface area contributed by atoms with Crippen LogP contribution in [-0.4, -0.2) is 27.8 Å². The monoisotopic (exact) mass is 672 g/mol. The van der Waals surface area contributed by atoms with Crippen LogP contribution in [0.4, 0.5) is 0 Å². The lowest BCUT2D eigenvalue weighted by atomic mass is 9.89. The fourth-order valence-electron chi connectivity index (χ4n) is 7.54. The highest BCUT2D eigenvalue weighted by atomic mass is 16.7. The molecule has 0 aliphatic heterocycles. The van der Waals surface area contributed by atoms with Crippen LogP contribution >= 0.6 is 0 Å². The number of carbonyl (C=O) groups excluding carboxylic acids is 3. The van der Waals surface area contributed by atoms with Crippen LogP contribution in [0.2, 0.25) is 0 Å². The molecule has 1 unspecified atom stereocenters. The maximum absolute atomic E-state index is 14.6. The van der Waals surface area contributed by atoms with E-state index in [4.69, 9.17) is 4.84 Å². The number of carbonyl (C=O) groups is 3. The number of benzene rings is 4. The van der Waals surface area contributed by atoms with E-state index >= 15 is 0 Å². The van der Waals surface area contributed by atoms with E-state index in [0.717, 1.165) is 106 Å². The van der Waals surface area contributed by atoms with Crippen molar-refractivity contribution in [3.8, 4) is 0 Å². The van der Waals surface area contributed by atoms with Crippen LogP contribution in [0.25, 0.3) is 32.6 Å². The van der Waals surface area contributed by atoms with Gasteiger partial charge in [-0.1, -0.05) is 106 Å². The van der Waals surface area contributed by atoms with Crippen LogP contribution in [0.3, 0.4) is 0 Å². The molecule has 1 atom stereocenters. The SMILES string of the molecule is CCCCCCC(=NOC(C)=O)C(=O)c1ccc2c(c1)c1cc(C(=O)c3c(C)cc(C)cc3C)c3ccccc3c1n2CC(CC)CCCC. The molecule has 0 aliphatic carbocycles. The highest BCUT2D eigenvalue weighted by Crippen LogP contribution is 2.39. The summed E-state index contributed by atoms with van der Waals surface area (Å²) in [5, 5.41) is 7.85. The van der Waals surface area contributed by atoms with E-state index in [1.165, 1.54) is 13.3 Å². The summed E-state index contributed by atoms with van der Waals surface area (Å²) >= 11 is 0. The minimum absolute atomic E-state index is 0.00323. The predicted molar refractivity (Wildman–Crippen MR) is 207 cm³/mol. The van der Waals surface area contributed by atoms with E-state index in [2.05, 4.69) is 67.7 Å². The van der Waals surface area contributed by atoms with Gasteiger partial charge in [0.05, 0.1) is 5.52 Å². The summed E-state index contributed by atoms with van der Waals surface area (Å²) in [6, 6.07) is 20.3. The summed E-state index contributed by atoms with van der Waals surface area (Å²) in [5.74, 6) is -0.316. The van der Waals surface area contributed by atoms with Crippen LogP contribution in [0.5, 0.6) is 0 Å². The highest BCUT2D eigenvalue weighted by molar-refractivity contribution is 6.46. The molecule has 0 saturated heterocycles. The molecule has 0 aliphatic rings. The van der Waals surface area contributed by atoms with Gasteiger partial charge in [-0.25, -0.2) is 4.79 Å². The van der Waals surface area contributed by atoms with Crippen molar-refractivity contribution in [3.05, 3.63) is 94.0 Å². The van der Waals surface area contributed by atoms with Crippen molar-refractivity contribution in [2.75, 3.05) is 0 Å². The molecule has 6 heteroatoms. The Balaban J connectivity index is 1.76. The maximum Gasteiger partial charge on any atom is 0.331 e. The first-order chi connectivity index (χ1) is 24.1. The van der Waals surface area contributed by atoms with Crippen molar-refractivity contribution in [3.63, 3.8) is 0 Å². The Morgan fingerprint density at radius 3 is 2.14 bits per heavy atom. The molecular weight excluding hydrogens is 620 g/mol. The molecule has 1 aromatic heterocycles. The molecule has 0 amide bonds. The molecule has 0 fully saturated rings. The van der Waals surface area contributed by atoms with Crippen molar-refractivity contribution in [1.29, 1.82) is 0 Å². The summed E-state index contributed by atoms with van der Waals surface area (Å²) in [5.41, 5.74) is 7.30. The summed E-state index contributed by atoms with van der Waals surface area (Å²) < 4.78 is 2.42. The van der Waals surface area contributed by atoms with E-state index in [9.17, 15) is 14.4 Å². The number of ketones is 2. The topological polar surface area (TPSA) is 77.7 Å². The molecule has 1 heterocycles. The molecule has 0 bridgehead atoms. The summed E-state index contributed by atoms with van der Waals surface area (Å²) in [7, 11) is 0. The number of nitrogens with zero attached hydrogens (tertiary/aromatic N) is 2. The summed E-state index contributed by atoms with van der Waals surface area (Å²) in [6.45, 7) is 14.8. The average molecular weight is 673 g/mol. The fraction of sp³-hybridized carbons (Fsp3) is 0.409. The minimum Gasteiger partial charge on any atom is -0.340 e. The van der Waals surface area contributed by atoms with Crippen LogP contribution in [0.15, 0.2) is 65.8 Å². The number of fused-ring (bicyclic) bond motifs is 5. The van der Waals surface area contributed by atoms with E-state index in [1.807, 2.05) is 44.2 Å². The minimum atomic E-state index is -0.556. The lowest BCUT2D eigenvalue weighted by molar-refractivity contribution is -0.140. The Labute approximate surface area is 296 Å². The Morgan fingerprint density at radius 1 is 0.780 bits per heavy atom. The Kier molecular flexibility index (Phi) is 12.0. The number of rotatable bonds is 16. The number of unbranched alkanes of at least 4 members (excludes halogenated alkanes) is 4. The zero-order valence-electron chi connectivity index (χ0n) is 30.9. The molecule has 4 aromatic carbocycles. The largest absolute Gasteiger partial charge is 0.340 e. The third-order valence-electron chi connectivity index (χ3n) is 10.1. The third kappa shape index (κ3) is 7.75.